The molecule has 0 saturated carbocycles. The van der Waals surface area contributed by atoms with Crippen LogP contribution in [0.2, 0.25) is 23.2 Å². The monoisotopic (exact) mass is 299 g/mol. The highest BCUT2D eigenvalue weighted by Gasteiger charge is 2.38. The second-order valence-electron chi connectivity index (χ2n) is 6.29. The number of rotatable bonds is 5. The largest absolute Gasteiger partial charge is 0.543 e. The summed E-state index contributed by atoms with van der Waals surface area (Å²) in [6, 6.07) is 5.81. The number of aliphatic hydroxyl groups excluding tert-OH is 1. The van der Waals surface area contributed by atoms with Crippen LogP contribution in [0.3, 0.4) is 0 Å². The maximum atomic E-state index is 8.80. The molecule has 4 heteroatoms. The zero-order valence-electron chi connectivity index (χ0n) is 12.5. The SMILES string of the molecule is CC(C)(C)[Si](C)(C)Oc1ccc(C[CH]CO)c(Cl)c1. The molecule has 0 fully saturated rings. The van der Waals surface area contributed by atoms with Crippen LogP contribution in [0.1, 0.15) is 26.3 Å². The fourth-order valence-electron chi connectivity index (χ4n) is 1.42. The molecular weight excluding hydrogens is 276 g/mol. The van der Waals surface area contributed by atoms with Gasteiger partial charge in [-0.05, 0) is 48.7 Å². The van der Waals surface area contributed by atoms with Crippen molar-refractivity contribution in [1.82, 2.24) is 0 Å². The summed E-state index contributed by atoms with van der Waals surface area (Å²) in [5.74, 6) is 0.837. The summed E-state index contributed by atoms with van der Waals surface area (Å²) in [4.78, 5) is 0. The van der Waals surface area contributed by atoms with Crippen molar-refractivity contribution in [2.75, 3.05) is 6.61 Å². The molecule has 107 valence electrons. The number of benzene rings is 1. The quantitative estimate of drug-likeness (QED) is 0.813. The number of hydrogen-bond acceptors (Lipinski definition) is 2. The van der Waals surface area contributed by atoms with E-state index < -0.39 is 8.32 Å². The highest BCUT2D eigenvalue weighted by Crippen LogP contribution is 2.38. The Morgan fingerprint density at radius 1 is 1.32 bits per heavy atom. The predicted molar refractivity (Wildman–Crippen MR) is 84.4 cm³/mol. The Labute approximate surface area is 122 Å². The van der Waals surface area contributed by atoms with Crippen LogP contribution in [-0.2, 0) is 6.42 Å². The predicted octanol–water partition coefficient (Wildman–Crippen LogP) is 4.46. The summed E-state index contributed by atoms with van der Waals surface area (Å²) in [5.41, 5.74) is 1.01. The van der Waals surface area contributed by atoms with Crippen LogP contribution in [0.25, 0.3) is 0 Å². The van der Waals surface area contributed by atoms with Gasteiger partial charge in [-0.2, -0.15) is 0 Å². The van der Waals surface area contributed by atoms with Gasteiger partial charge in [-0.15, -0.1) is 0 Å². The number of hydrogen-bond donors (Lipinski definition) is 1. The van der Waals surface area contributed by atoms with Crippen LogP contribution >= 0.6 is 11.6 Å². The molecule has 0 saturated heterocycles. The Morgan fingerprint density at radius 2 is 1.95 bits per heavy atom. The Hall–Kier alpha value is -0.513. The lowest BCUT2D eigenvalue weighted by atomic mass is 10.1. The second kappa shape index (κ2) is 6.29. The van der Waals surface area contributed by atoms with Crippen molar-refractivity contribution in [2.24, 2.45) is 0 Å². The summed E-state index contributed by atoms with van der Waals surface area (Å²) >= 11 is 6.24. The first kappa shape index (κ1) is 16.5. The Kier molecular flexibility index (Phi) is 5.48. The first-order chi connectivity index (χ1) is 8.67. The Balaban J connectivity index is 2.84. The molecule has 0 aliphatic rings. The Bertz CT molecular complexity index is 425. The van der Waals surface area contributed by atoms with E-state index in [1.54, 1.807) is 6.42 Å². The summed E-state index contributed by atoms with van der Waals surface area (Å²) in [7, 11) is -1.82. The van der Waals surface area contributed by atoms with Crippen LogP contribution < -0.4 is 4.43 Å². The van der Waals surface area contributed by atoms with Gasteiger partial charge in [0.15, 0.2) is 0 Å². The minimum Gasteiger partial charge on any atom is -0.543 e. The molecule has 1 rings (SSSR count). The van der Waals surface area contributed by atoms with Gasteiger partial charge in [0, 0.05) is 11.6 Å². The molecule has 0 aliphatic carbocycles. The molecule has 2 nitrogen and oxygen atoms in total. The van der Waals surface area contributed by atoms with E-state index in [-0.39, 0.29) is 11.6 Å². The van der Waals surface area contributed by atoms with E-state index >= 15 is 0 Å². The maximum absolute atomic E-state index is 8.80. The van der Waals surface area contributed by atoms with E-state index in [1.807, 2.05) is 18.2 Å². The van der Waals surface area contributed by atoms with Gasteiger partial charge in [-0.1, -0.05) is 38.4 Å². The topological polar surface area (TPSA) is 29.5 Å². The molecule has 0 unspecified atom stereocenters. The Morgan fingerprint density at radius 3 is 2.42 bits per heavy atom. The molecule has 1 radical (unpaired) electrons. The van der Waals surface area contributed by atoms with Crippen molar-refractivity contribution >= 4 is 19.9 Å². The van der Waals surface area contributed by atoms with E-state index in [1.165, 1.54) is 0 Å². The first-order valence-corrected chi connectivity index (χ1v) is 9.86. The van der Waals surface area contributed by atoms with E-state index in [4.69, 9.17) is 21.1 Å². The molecule has 0 spiro atoms. The van der Waals surface area contributed by atoms with Crippen molar-refractivity contribution in [1.29, 1.82) is 0 Å². The third kappa shape index (κ3) is 4.51. The normalized spacial score (nSPS) is 12.6. The molecule has 0 amide bonds. The summed E-state index contributed by atoms with van der Waals surface area (Å²) < 4.78 is 6.20. The third-order valence-electron chi connectivity index (χ3n) is 3.70. The van der Waals surface area contributed by atoms with Gasteiger partial charge < -0.3 is 9.53 Å². The zero-order chi connectivity index (χ0) is 14.7. The number of halogens is 1. The molecule has 0 heterocycles. The van der Waals surface area contributed by atoms with Gasteiger partial charge in [-0.25, -0.2) is 0 Å². The van der Waals surface area contributed by atoms with Gasteiger partial charge in [0.25, 0.3) is 0 Å². The second-order valence-corrected chi connectivity index (χ2v) is 11.4. The fraction of sp³-hybridized carbons (Fsp3) is 0.533. The lowest BCUT2D eigenvalue weighted by Crippen LogP contribution is -2.43. The molecule has 0 bridgehead atoms. The molecule has 0 aromatic heterocycles. The molecule has 1 N–H and O–H groups in total. The van der Waals surface area contributed by atoms with E-state index in [9.17, 15) is 0 Å². The van der Waals surface area contributed by atoms with Crippen molar-refractivity contribution < 1.29 is 9.53 Å². The summed E-state index contributed by atoms with van der Waals surface area (Å²) in [5, 5.41) is 9.66. The lowest BCUT2D eigenvalue weighted by molar-refractivity contribution is 0.325. The number of aliphatic hydroxyl groups is 1. The van der Waals surface area contributed by atoms with E-state index in [0.717, 1.165) is 11.3 Å². The smallest absolute Gasteiger partial charge is 0.250 e. The van der Waals surface area contributed by atoms with Gasteiger partial charge >= 0.3 is 0 Å². The van der Waals surface area contributed by atoms with Crippen LogP contribution in [0.15, 0.2) is 18.2 Å². The summed E-state index contributed by atoms with van der Waals surface area (Å²) in [6.07, 6.45) is 2.46. The maximum Gasteiger partial charge on any atom is 0.250 e. The van der Waals surface area contributed by atoms with Crippen LogP contribution in [0.4, 0.5) is 0 Å². The van der Waals surface area contributed by atoms with E-state index in [0.29, 0.717) is 11.4 Å². The highest BCUT2D eigenvalue weighted by atomic mass is 35.5. The molecule has 1 aromatic carbocycles. The highest BCUT2D eigenvalue weighted by molar-refractivity contribution is 6.74. The zero-order valence-corrected chi connectivity index (χ0v) is 14.2. The first-order valence-electron chi connectivity index (χ1n) is 6.57. The van der Waals surface area contributed by atoms with Crippen molar-refractivity contribution in [3.8, 4) is 5.75 Å². The van der Waals surface area contributed by atoms with Crippen molar-refractivity contribution in [2.45, 2.75) is 45.3 Å². The minimum atomic E-state index is -1.82. The van der Waals surface area contributed by atoms with Gasteiger partial charge in [0.2, 0.25) is 8.32 Å². The van der Waals surface area contributed by atoms with Crippen LogP contribution in [-0.4, -0.2) is 20.0 Å². The third-order valence-corrected chi connectivity index (χ3v) is 8.41. The molecule has 0 aliphatic heterocycles. The fourth-order valence-corrected chi connectivity index (χ4v) is 2.69. The van der Waals surface area contributed by atoms with Gasteiger partial charge in [-0.3, -0.25) is 0 Å². The lowest BCUT2D eigenvalue weighted by Gasteiger charge is -2.36. The average molecular weight is 300 g/mol. The average Bonchev–Trinajstić information content (AvgIpc) is 2.26. The standard InChI is InChI=1S/C15H24ClO2Si/c1-15(2,3)19(4,5)18-13-9-8-12(7-6-10-17)14(16)11-13/h6,8-9,11,17H,7,10H2,1-5H3. The molecule has 19 heavy (non-hydrogen) atoms. The molecular formula is C15H24ClO2Si. The molecule has 0 atom stereocenters. The van der Waals surface area contributed by atoms with Crippen LogP contribution in [0, 0.1) is 6.42 Å². The van der Waals surface area contributed by atoms with Crippen molar-refractivity contribution in [3.63, 3.8) is 0 Å². The molecule has 1 aromatic rings. The van der Waals surface area contributed by atoms with Gasteiger partial charge in [0.05, 0.1) is 0 Å². The van der Waals surface area contributed by atoms with E-state index in [2.05, 4.69) is 33.9 Å². The summed E-state index contributed by atoms with van der Waals surface area (Å²) in [6.45, 7) is 11.1. The van der Waals surface area contributed by atoms with Crippen molar-refractivity contribution in [3.05, 3.63) is 35.2 Å². The minimum absolute atomic E-state index is 0.0680. The van der Waals surface area contributed by atoms with Crippen LogP contribution in [0.5, 0.6) is 5.75 Å². The van der Waals surface area contributed by atoms with Gasteiger partial charge in [0.1, 0.15) is 5.75 Å².